The van der Waals surface area contributed by atoms with Crippen molar-refractivity contribution in [3.8, 4) is 0 Å². The molecule has 1 N–H and O–H groups in total. The molecule has 1 aromatic rings. The highest BCUT2D eigenvalue weighted by molar-refractivity contribution is 5.97. The number of nitrogens with zero attached hydrogens (tertiary/aromatic N) is 1. The van der Waals surface area contributed by atoms with Gasteiger partial charge in [-0.15, -0.1) is 0 Å². The second-order valence-electron chi connectivity index (χ2n) is 6.38. The number of nitrogens with one attached hydrogen (secondary N) is 1. The zero-order valence-electron chi connectivity index (χ0n) is 14.4. The van der Waals surface area contributed by atoms with Crippen molar-refractivity contribution in [1.29, 1.82) is 0 Å². The van der Waals surface area contributed by atoms with Gasteiger partial charge in [0.05, 0.1) is 18.1 Å². The summed E-state index contributed by atoms with van der Waals surface area (Å²) < 4.78 is 4.92. The van der Waals surface area contributed by atoms with E-state index in [1.54, 1.807) is 36.1 Å². The fourth-order valence-electron chi connectivity index (χ4n) is 2.71. The predicted molar refractivity (Wildman–Crippen MR) is 90.6 cm³/mol. The molecule has 1 unspecified atom stereocenters. The summed E-state index contributed by atoms with van der Waals surface area (Å²) in [6.45, 7) is 7.30. The van der Waals surface area contributed by atoms with Crippen LogP contribution in [0.5, 0.6) is 0 Å². The molecule has 2 rings (SSSR count). The normalized spacial score (nSPS) is 17.2. The highest BCUT2D eigenvalue weighted by Crippen LogP contribution is 2.21. The van der Waals surface area contributed by atoms with Crippen LogP contribution in [0.15, 0.2) is 24.3 Å². The molecule has 6 heteroatoms. The number of ether oxygens (including phenoxy) is 1. The van der Waals surface area contributed by atoms with Gasteiger partial charge in [0, 0.05) is 25.2 Å². The van der Waals surface area contributed by atoms with E-state index < -0.39 is 0 Å². The highest BCUT2D eigenvalue weighted by atomic mass is 16.5. The smallest absolute Gasteiger partial charge is 0.338 e. The zero-order chi connectivity index (χ0) is 17.7. The van der Waals surface area contributed by atoms with E-state index in [2.05, 4.69) is 5.32 Å². The first-order valence-electron chi connectivity index (χ1n) is 8.26. The van der Waals surface area contributed by atoms with Crippen LogP contribution in [-0.2, 0) is 14.3 Å². The van der Waals surface area contributed by atoms with Gasteiger partial charge >= 0.3 is 5.97 Å². The molecule has 6 nitrogen and oxygen atoms in total. The van der Waals surface area contributed by atoms with Crippen LogP contribution in [0.25, 0.3) is 0 Å². The second kappa shape index (κ2) is 7.95. The number of rotatable bonds is 6. The number of benzene rings is 1. The van der Waals surface area contributed by atoms with Crippen LogP contribution < -0.4 is 5.32 Å². The van der Waals surface area contributed by atoms with Crippen LogP contribution in [0.4, 0.5) is 5.69 Å². The summed E-state index contributed by atoms with van der Waals surface area (Å²) in [5.74, 6) is -0.478. The molecule has 0 aromatic heterocycles. The standard InChI is InChI=1S/C18H24N2O4/c1-4-24-18(23)13-5-7-15(8-6-13)19-17(22)14-9-16(21)20(11-14)10-12(2)3/h5-8,12,14H,4,9-11H2,1-3H3,(H,19,22). The Morgan fingerprint density at radius 3 is 2.54 bits per heavy atom. The lowest BCUT2D eigenvalue weighted by atomic mass is 10.1. The van der Waals surface area contributed by atoms with E-state index in [0.717, 1.165) is 0 Å². The van der Waals surface area contributed by atoms with Crippen LogP contribution in [0.1, 0.15) is 37.6 Å². The second-order valence-corrected chi connectivity index (χ2v) is 6.38. The van der Waals surface area contributed by atoms with Gasteiger partial charge in [-0.25, -0.2) is 4.79 Å². The van der Waals surface area contributed by atoms with Crippen molar-refractivity contribution >= 4 is 23.5 Å². The largest absolute Gasteiger partial charge is 0.462 e. The molecule has 2 amide bonds. The number of amides is 2. The molecule has 24 heavy (non-hydrogen) atoms. The van der Waals surface area contributed by atoms with Gasteiger partial charge in [-0.3, -0.25) is 9.59 Å². The molecule has 0 aliphatic carbocycles. The van der Waals surface area contributed by atoms with Crippen LogP contribution in [0.3, 0.4) is 0 Å². The molecule has 0 radical (unpaired) electrons. The number of carbonyl (C=O) groups is 3. The molecule has 1 aliphatic heterocycles. The number of hydrogen-bond acceptors (Lipinski definition) is 4. The number of carbonyl (C=O) groups excluding carboxylic acids is 3. The lowest BCUT2D eigenvalue weighted by Crippen LogP contribution is -2.31. The number of anilines is 1. The van der Waals surface area contributed by atoms with Gasteiger partial charge in [0.25, 0.3) is 0 Å². The predicted octanol–water partition coefficient (Wildman–Crippen LogP) is 2.31. The van der Waals surface area contributed by atoms with Crippen LogP contribution >= 0.6 is 0 Å². The maximum atomic E-state index is 12.3. The van der Waals surface area contributed by atoms with Gasteiger partial charge in [0.1, 0.15) is 0 Å². The summed E-state index contributed by atoms with van der Waals surface area (Å²) in [5, 5.41) is 2.81. The van der Waals surface area contributed by atoms with Crippen molar-refractivity contribution in [2.75, 3.05) is 25.0 Å². The topological polar surface area (TPSA) is 75.7 Å². The molecule has 1 fully saturated rings. The Labute approximate surface area is 142 Å². The van der Waals surface area contributed by atoms with Crippen molar-refractivity contribution < 1.29 is 19.1 Å². The summed E-state index contributed by atoms with van der Waals surface area (Å²) in [7, 11) is 0. The summed E-state index contributed by atoms with van der Waals surface area (Å²) in [6.07, 6.45) is 0.249. The summed E-state index contributed by atoms with van der Waals surface area (Å²) in [4.78, 5) is 37.6. The Balaban J connectivity index is 1.93. The van der Waals surface area contributed by atoms with Gasteiger partial charge in [0.2, 0.25) is 11.8 Å². The quantitative estimate of drug-likeness (QED) is 0.811. The van der Waals surface area contributed by atoms with Crippen molar-refractivity contribution in [3.63, 3.8) is 0 Å². The van der Waals surface area contributed by atoms with Crippen LogP contribution in [0, 0.1) is 11.8 Å². The van der Waals surface area contributed by atoms with Gasteiger partial charge < -0.3 is 15.0 Å². The van der Waals surface area contributed by atoms with E-state index in [4.69, 9.17) is 4.74 Å². The fourth-order valence-corrected chi connectivity index (χ4v) is 2.71. The van der Waals surface area contributed by atoms with Gasteiger partial charge in [-0.1, -0.05) is 13.8 Å². The van der Waals surface area contributed by atoms with Crippen molar-refractivity contribution in [2.45, 2.75) is 27.2 Å². The molecule has 1 aromatic carbocycles. The maximum absolute atomic E-state index is 12.3. The summed E-state index contributed by atoms with van der Waals surface area (Å²) in [6, 6.07) is 6.54. The Bertz CT molecular complexity index is 610. The summed E-state index contributed by atoms with van der Waals surface area (Å²) in [5.41, 5.74) is 1.04. The minimum absolute atomic E-state index is 0.0292. The molecular weight excluding hydrogens is 308 g/mol. The number of hydrogen-bond donors (Lipinski definition) is 1. The van der Waals surface area contributed by atoms with Gasteiger partial charge in [-0.2, -0.15) is 0 Å². The molecule has 130 valence electrons. The minimum Gasteiger partial charge on any atom is -0.462 e. The average molecular weight is 332 g/mol. The third-order valence-electron chi connectivity index (χ3n) is 3.83. The summed E-state index contributed by atoms with van der Waals surface area (Å²) >= 11 is 0. The molecule has 0 spiro atoms. The van der Waals surface area contributed by atoms with Crippen LogP contribution in [-0.4, -0.2) is 42.4 Å². The first-order valence-corrected chi connectivity index (χ1v) is 8.26. The van der Waals surface area contributed by atoms with E-state index in [0.29, 0.717) is 36.9 Å². The minimum atomic E-state index is -0.388. The number of esters is 1. The Morgan fingerprint density at radius 1 is 1.29 bits per heavy atom. The Kier molecular flexibility index (Phi) is 5.95. The molecule has 0 saturated carbocycles. The fraction of sp³-hybridized carbons (Fsp3) is 0.500. The van der Waals surface area contributed by atoms with E-state index in [9.17, 15) is 14.4 Å². The molecule has 1 aliphatic rings. The van der Waals surface area contributed by atoms with Gasteiger partial charge in [0.15, 0.2) is 0 Å². The molecule has 1 saturated heterocycles. The number of likely N-dealkylation sites (tertiary alicyclic amines) is 1. The third kappa shape index (κ3) is 4.57. The maximum Gasteiger partial charge on any atom is 0.338 e. The molecular formula is C18H24N2O4. The average Bonchev–Trinajstić information content (AvgIpc) is 2.88. The highest BCUT2D eigenvalue weighted by Gasteiger charge is 2.34. The monoisotopic (exact) mass is 332 g/mol. The lowest BCUT2D eigenvalue weighted by Gasteiger charge is -2.18. The first-order chi connectivity index (χ1) is 11.4. The molecule has 0 bridgehead atoms. The SMILES string of the molecule is CCOC(=O)c1ccc(NC(=O)C2CC(=O)N(CC(C)C)C2)cc1. The van der Waals surface area contributed by atoms with E-state index in [1.165, 1.54) is 0 Å². The van der Waals surface area contributed by atoms with Crippen molar-refractivity contribution in [2.24, 2.45) is 11.8 Å². The van der Waals surface area contributed by atoms with E-state index in [-0.39, 0.29) is 30.1 Å². The first kappa shape index (κ1) is 18.0. The molecule has 1 atom stereocenters. The molecule has 1 heterocycles. The van der Waals surface area contributed by atoms with Crippen LogP contribution in [0.2, 0.25) is 0 Å². The van der Waals surface area contributed by atoms with E-state index >= 15 is 0 Å². The van der Waals surface area contributed by atoms with Gasteiger partial charge in [-0.05, 0) is 37.1 Å². The lowest BCUT2D eigenvalue weighted by molar-refractivity contribution is -0.128. The Hall–Kier alpha value is -2.37. The van der Waals surface area contributed by atoms with E-state index in [1.807, 2.05) is 13.8 Å². The zero-order valence-corrected chi connectivity index (χ0v) is 14.4. The third-order valence-corrected chi connectivity index (χ3v) is 3.83. The van der Waals surface area contributed by atoms with Crippen molar-refractivity contribution in [3.05, 3.63) is 29.8 Å². The van der Waals surface area contributed by atoms with Crippen molar-refractivity contribution in [1.82, 2.24) is 4.90 Å². The Morgan fingerprint density at radius 2 is 1.96 bits per heavy atom.